The fourth-order valence-electron chi connectivity index (χ4n) is 1.76. The molecule has 2 aromatic rings. The van der Waals surface area contributed by atoms with Crippen LogP contribution in [-0.4, -0.2) is 17.3 Å². The maximum atomic E-state index is 11.9. The van der Waals surface area contributed by atoms with E-state index < -0.39 is 0 Å². The van der Waals surface area contributed by atoms with Gasteiger partial charge in [0.2, 0.25) is 0 Å². The van der Waals surface area contributed by atoms with Crippen LogP contribution in [0.3, 0.4) is 0 Å². The normalized spacial score (nSPS) is 10.4. The molecule has 0 saturated carbocycles. The lowest BCUT2D eigenvalue weighted by atomic mass is 10.1. The van der Waals surface area contributed by atoms with Crippen LogP contribution in [0, 0.1) is 0 Å². The number of hydrogen-bond acceptors (Lipinski definition) is 3. The lowest BCUT2D eigenvalue weighted by Gasteiger charge is -2.07. The number of hydrogen-bond donors (Lipinski definition) is 0. The van der Waals surface area contributed by atoms with Crippen molar-refractivity contribution in [1.29, 1.82) is 0 Å². The molecule has 2 aromatic carbocycles. The number of rotatable bonds is 7. The second-order valence-corrected chi connectivity index (χ2v) is 6.21. The highest BCUT2D eigenvalue weighted by Crippen LogP contribution is 2.16. The molecule has 110 valence electrons. The van der Waals surface area contributed by atoms with Gasteiger partial charge in [0, 0.05) is 10.6 Å². The van der Waals surface area contributed by atoms with Crippen LogP contribution in [0.25, 0.3) is 0 Å². The molecule has 21 heavy (non-hydrogen) atoms. The van der Waals surface area contributed by atoms with Gasteiger partial charge in [0.1, 0.15) is 12.4 Å². The Bertz CT molecular complexity index is 579. The fourth-order valence-corrected chi connectivity index (χ4v) is 2.44. The van der Waals surface area contributed by atoms with Crippen molar-refractivity contribution in [3.8, 4) is 5.75 Å². The number of Topliss-reactive ketones (excluding diaryl/α,β-unsaturated/α-hetero) is 1. The van der Waals surface area contributed by atoms with Gasteiger partial charge in [-0.1, -0.05) is 30.7 Å². The molecule has 0 spiro atoms. The summed E-state index contributed by atoms with van der Waals surface area (Å²) in [6.45, 7) is 2.53. The molecule has 0 saturated heterocycles. The number of halogens is 1. The Hall–Kier alpha value is -1.45. The largest absolute Gasteiger partial charge is 0.489 e. The first kappa shape index (κ1) is 15.9. The number of ketones is 1. The molecule has 0 fully saturated rings. The Kier molecular flexibility index (Phi) is 6.15. The highest BCUT2D eigenvalue weighted by Gasteiger charge is 2.05. The van der Waals surface area contributed by atoms with E-state index in [4.69, 9.17) is 16.3 Å². The SMILES string of the molecule is CCSCC(=O)c1ccc(OCc2ccc(Cl)cc2)cc1. The first-order valence-corrected chi connectivity index (χ1v) is 8.30. The Labute approximate surface area is 134 Å². The monoisotopic (exact) mass is 320 g/mol. The van der Waals surface area contributed by atoms with Gasteiger partial charge in [0.15, 0.2) is 5.78 Å². The summed E-state index contributed by atoms with van der Waals surface area (Å²) in [5.74, 6) is 2.39. The minimum Gasteiger partial charge on any atom is -0.489 e. The van der Waals surface area contributed by atoms with Crippen LogP contribution in [-0.2, 0) is 6.61 Å². The topological polar surface area (TPSA) is 26.3 Å². The van der Waals surface area contributed by atoms with Gasteiger partial charge in [-0.05, 0) is 47.7 Å². The Balaban J connectivity index is 1.90. The Morgan fingerprint density at radius 1 is 1.10 bits per heavy atom. The van der Waals surface area contributed by atoms with Gasteiger partial charge < -0.3 is 4.74 Å². The Morgan fingerprint density at radius 3 is 2.38 bits per heavy atom. The molecular formula is C17H17ClO2S. The highest BCUT2D eigenvalue weighted by atomic mass is 35.5. The van der Waals surface area contributed by atoms with E-state index >= 15 is 0 Å². The lowest BCUT2D eigenvalue weighted by Crippen LogP contribution is -2.02. The highest BCUT2D eigenvalue weighted by molar-refractivity contribution is 7.99. The third-order valence-corrected chi connectivity index (χ3v) is 4.06. The fraction of sp³-hybridized carbons (Fsp3) is 0.235. The van der Waals surface area contributed by atoms with E-state index in [9.17, 15) is 4.79 Å². The molecule has 0 heterocycles. The molecule has 0 atom stereocenters. The van der Waals surface area contributed by atoms with Crippen molar-refractivity contribution >= 4 is 29.1 Å². The molecule has 0 aliphatic rings. The average molecular weight is 321 g/mol. The minimum absolute atomic E-state index is 0.158. The van der Waals surface area contributed by atoms with Crippen LogP contribution < -0.4 is 4.74 Å². The number of carbonyl (C=O) groups is 1. The summed E-state index contributed by atoms with van der Waals surface area (Å²) in [5.41, 5.74) is 1.79. The van der Waals surface area contributed by atoms with Crippen LogP contribution in [0.2, 0.25) is 5.02 Å². The van der Waals surface area contributed by atoms with Crippen molar-refractivity contribution in [1.82, 2.24) is 0 Å². The van der Waals surface area contributed by atoms with Crippen molar-refractivity contribution in [3.63, 3.8) is 0 Å². The molecule has 0 radical (unpaired) electrons. The van der Waals surface area contributed by atoms with E-state index in [2.05, 4.69) is 0 Å². The summed E-state index contributed by atoms with van der Waals surface area (Å²) in [7, 11) is 0. The first-order chi connectivity index (χ1) is 10.2. The standard InChI is InChI=1S/C17H17ClO2S/c1-2-21-12-17(19)14-5-9-16(10-6-14)20-11-13-3-7-15(18)8-4-13/h3-10H,2,11-12H2,1H3. The summed E-state index contributed by atoms with van der Waals surface area (Å²) in [6.07, 6.45) is 0. The van der Waals surface area contributed by atoms with E-state index in [-0.39, 0.29) is 5.78 Å². The average Bonchev–Trinajstić information content (AvgIpc) is 2.52. The first-order valence-electron chi connectivity index (χ1n) is 6.77. The zero-order valence-electron chi connectivity index (χ0n) is 11.8. The molecular weight excluding hydrogens is 304 g/mol. The van der Waals surface area contributed by atoms with Gasteiger partial charge in [-0.2, -0.15) is 11.8 Å². The summed E-state index contributed by atoms with van der Waals surface area (Å²) >= 11 is 7.47. The van der Waals surface area contributed by atoms with Crippen molar-refractivity contribution < 1.29 is 9.53 Å². The molecule has 2 nitrogen and oxygen atoms in total. The van der Waals surface area contributed by atoms with E-state index in [1.807, 2.05) is 55.5 Å². The van der Waals surface area contributed by atoms with Crippen LogP contribution in [0.15, 0.2) is 48.5 Å². The van der Waals surface area contributed by atoms with Crippen LogP contribution in [0.1, 0.15) is 22.8 Å². The summed E-state index contributed by atoms with van der Waals surface area (Å²) < 4.78 is 5.69. The van der Waals surface area contributed by atoms with Crippen molar-refractivity contribution in [2.75, 3.05) is 11.5 Å². The number of carbonyl (C=O) groups excluding carboxylic acids is 1. The van der Waals surface area contributed by atoms with E-state index in [1.165, 1.54) is 0 Å². The number of ether oxygens (including phenoxy) is 1. The third kappa shape index (κ3) is 5.10. The van der Waals surface area contributed by atoms with Crippen molar-refractivity contribution in [2.24, 2.45) is 0 Å². The number of thioether (sulfide) groups is 1. The molecule has 4 heteroatoms. The quantitative estimate of drug-likeness (QED) is 0.682. The van der Waals surface area contributed by atoms with Crippen molar-refractivity contribution in [3.05, 3.63) is 64.7 Å². The predicted octanol–water partition coefficient (Wildman–Crippen LogP) is 4.85. The summed E-state index contributed by atoms with van der Waals surface area (Å²) in [6, 6.07) is 14.8. The van der Waals surface area contributed by atoms with Gasteiger partial charge in [-0.3, -0.25) is 4.79 Å². The van der Waals surface area contributed by atoms with Crippen LogP contribution >= 0.6 is 23.4 Å². The smallest absolute Gasteiger partial charge is 0.172 e. The van der Waals surface area contributed by atoms with Crippen LogP contribution in [0.5, 0.6) is 5.75 Å². The molecule has 0 N–H and O–H groups in total. The maximum absolute atomic E-state index is 11.9. The second-order valence-electron chi connectivity index (χ2n) is 4.50. The number of benzene rings is 2. The van der Waals surface area contributed by atoms with Gasteiger partial charge >= 0.3 is 0 Å². The van der Waals surface area contributed by atoms with Gasteiger partial charge in [-0.15, -0.1) is 0 Å². The molecule has 0 unspecified atom stereocenters. The molecule has 0 amide bonds. The van der Waals surface area contributed by atoms with E-state index in [1.54, 1.807) is 11.8 Å². The molecule has 0 bridgehead atoms. The Morgan fingerprint density at radius 2 is 1.76 bits per heavy atom. The van der Waals surface area contributed by atoms with Crippen molar-refractivity contribution in [2.45, 2.75) is 13.5 Å². The van der Waals surface area contributed by atoms with Gasteiger partial charge in [0.05, 0.1) is 5.75 Å². The molecule has 2 rings (SSSR count). The summed E-state index contributed by atoms with van der Waals surface area (Å²) in [4.78, 5) is 11.9. The van der Waals surface area contributed by atoms with E-state index in [0.717, 1.165) is 22.6 Å². The maximum Gasteiger partial charge on any atom is 0.172 e. The second kappa shape index (κ2) is 8.11. The predicted molar refractivity (Wildman–Crippen MR) is 89.6 cm³/mol. The van der Waals surface area contributed by atoms with Gasteiger partial charge in [-0.25, -0.2) is 0 Å². The zero-order chi connectivity index (χ0) is 15.1. The minimum atomic E-state index is 0.158. The molecule has 0 aliphatic carbocycles. The molecule has 0 aliphatic heterocycles. The van der Waals surface area contributed by atoms with E-state index in [0.29, 0.717) is 17.4 Å². The van der Waals surface area contributed by atoms with Crippen LogP contribution in [0.4, 0.5) is 0 Å². The third-order valence-electron chi connectivity index (χ3n) is 2.93. The van der Waals surface area contributed by atoms with Gasteiger partial charge in [0.25, 0.3) is 0 Å². The zero-order valence-corrected chi connectivity index (χ0v) is 13.4. The lowest BCUT2D eigenvalue weighted by molar-refractivity contribution is 0.102. The summed E-state index contributed by atoms with van der Waals surface area (Å²) in [5, 5.41) is 0.714. The molecule has 0 aromatic heterocycles.